The molecule has 0 spiro atoms. The maximum absolute atomic E-state index is 13.3. The molecule has 1 unspecified atom stereocenters. The minimum Gasteiger partial charge on any atom is -0.496 e. The van der Waals surface area contributed by atoms with Crippen LogP contribution < -0.4 is 4.74 Å². The van der Waals surface area contributed by atoms with Crippen molar-refractivity contribution in [3.8, 4) is 5.75 Å². The van der Waals surface area contributed by atoms with Crippen molar-refractivity contribution in [2.45, 2.75) is 12.5 Å². The maximum Gasteiger partial charge on any atom is 0.124 e. The lowest BCUT2D eigenvalue weighted by molar-refractivity contribution is 0.174. The molecule has 0 heterocycles. The van der Waals surface area contributed by atoms with Gasteiger partial charge in [-0.3, -0.25) is 0 Å². The predicted octanol–water partition coefficient (Wildman–Crippen LogP) is 4.64. The van der Waals surface area contributed by atoms with E-state index in [-0.39, 0.29) is 5.82 Å². The van der Waals surface area contributed by atoms with Gasteiger partial charge in [0, 0.05) is 20.9 Å². The minimum absolute atomic E-state index is 0.309. The highest BCUT2D eigenvalue weighted by Gasteiger charge is 2.15. The summed E-state index contributed by atoms with van der Waals surface area (Å²) in [4.78, 5) is 0. The Balaban J connectivity index is 2.27. The third-order valence-corrected chi connectivity index (χ3v) is 3.85. The second-order valence-corrected chi connectivity index (χ2v) is 6.22. The number of halogens is 3. The van der Waals surface area contributed by atoms with Crippen LogP contribution >= 0.6 is 31.9 Å². The SMILES string of the molecule is COc1ccc(Br)cc1C(O)Cc1cc(F)cc(Br)c1. The minimum atomic E-state index is -0.767. The zero-order chi connectivity index (χ0) is 14.7. The summed E-state index contributed by atoms with van der Waals surface area (Å²) in [5.74, 6) is 0.277. The molecule has 0 aliphatic rings. The van der Waals surface area contributed by atoms with Crippen LogP contribution in [0, 0.1) is 5.82 Å². The largest absolute Gasteiger partial charge is 0.496 e. The zero-order valence-corrected chi connectivity index (χ0v) is 13.9. The lowest BCUT2D eigenvalue weighted by Gasteiger charge is -2.15. The van der Waals surface area contributed by atoms with Crippen molar-refractivity contribution < 1.29 is 14.2 Å². The van der Waals surface area contributed by atoms with Gasteiger partial charge in [0.25, 0.3) is 0 Å². The molecule has 0 saturated carbocycles. The van der Waals surface area contributed by atoms with Gasteiger partial charge in [-0.15, -0.1) is 0 Å². The Labute approximate surface area is 133 Å². The fraction of sp³-hybridized carbons (Fsp3) is 0.200. The molecule has 2 aromatic carbocycles. The van der Waals surface area contributed by atoms with Crippen molar-refractivity contribution in [1.82, 2.24) is 0 Å². The van der Waals surface area contributed by atoms with Crippen LogP contribution in [0.1, 0.15) is 17.2 Å². The second kappa shape index (κ2) is 6.70. The van der Waals surface area contributed by atoms with E-state index in [0.717, 1.165) is 4.47 Å². The van der Waals surface area contributed by atoms with Gasteiger partial charge in [-0.25, -0.2) is 4.39 Å². The van der Waals surface area contributed by atoms with E-state index >= 15 is 0 Å². The molecule has 0 aromatic heterocycles. The first-order valence-corrected chi connectivity index (χ1v) is 7.54. The number of aliphatic hydroxyl groups excluding tert-OH is 1. The number of methoxy groups -OCH3 is 1. The average Bonchev–Trinajstić information content (AvgIpc) is 2.37. The molecule has 20 heavy (non-hydrogen) atoms. The van der Waals surface area contributed by atoms with Crippen LogP contribution in [-0.2, 0) is 6.42 Å². The van der Waals surface area contributed by atoms with E-state index in [2.05, 4.69) is 31.9 Å². The van der Waals surface area contributed by atoms with Crippen molar-refractivity contribution >= 4 is 31.9 Å². The molecule has 2 aromatic rings. The molecule has 106 valence electrons. The van der Waals surface area contributed by atoms with E-state index in [0.29, 0.717) is 27.8 Å². The van der Waals surface area contributed by atoms with E-state index < -0.39 is 6.10 Å². The highest BCUT2D eigenvalue weighted by molar-refractivity contribution is 9.10. The number of rotatable bonds is 4. The van der Waals surface area contributed by atoms with Gasteiger partial charge in [-0.05, 0) is 42.0 Å². The average molecular weight is 404 g/mol. The van der Waals surface area contributed by atoms with Crippen LogP contribution in [0.25, 0.3) is 0 Å². The van der Waals surface area contributed by atoms with Crippen molar-refractivity contribution in [2.24, 2.45) is 0 Å². The first-order valence-electron chi connectivity index (χ1n) is 5.96. The molecule has 0 radical (unpaired) electrons. The summed E-state index contributed by atoms with van der Waals surface area (Å²) >= 11 is 6.61. The van der Waals surface area contributed by atoms with Crippen LogP contribution in [0.5, 0.6) is 5.75 Å². The molecular formula is C15H13Br2FO2. The van der Waals surface area contributed by atoms with E-state index in [1.807, 2.05) is 6.07 Å². The second-order valence-electron chi connectivity index (χ2n) is 4.38. The van der Waals surface area contributed by atoms with Crippen LogP contribution in [0.15, 0.2) is 45.3 Å². The molecule has 2 nitrogen and oxygen atoms in total. The Morgan fingerprint density at radius 2 is 1.90 bits per heavy atom. The predicted molar refractivity (Wildman–Crippen MR) is 83.5 cm³/mol. The van der Waals surface area contributed by atoms with E-state index in [1.165, 1.54) is 12.1 Å². The van der Waals surface area contributed by atoms with Crippen LogP contribution in [0.3, 0.4) is 0 Å². The van der Waals surface area contributed by atoms with Gasteiger partial charge in [0.1, 0.15) is 11.6 Å². The van der Waals surface area contributed by atoms with Crippen molar-refractivity contribution in [3.63, 3.8) is 0 Å². The normalized spacial score (nSPS) is 12.2. The monoisotopic (exact) mass is 402 g/mol. The summed E-state index contributed by atoms with van der Waals surface area (Å²) < 4.78 is 20.1. The Bertz CT molecular complexity index is 597. The van der Waals surface area contributed by atoms with Crippen molar-refractivity contribution in [2.75, 3.05) is 7.11 Å². The van der Waals surface area contributed by atoms with E-state index in [4.69, 9.17) is 4.74 Å². The Hall–Kier alpha value is -0.910. The third-order valence-electron chi connectivity index (χ3n) is 2.90. The molecule has 0 amide bonds. The summed E-state index contributed by atoms with van der Waals surface area (Å²) in [6.45, 7) is 0. The fourth-order valence-corrected chi connectivity index (χ4v) is 2.92. The number of benzene rings is 2. The van der Waals surface area contributed by atoms with Gasteiger partial charge in [0.15, 0.2) is 0 Å². The summed E-state index contributed by atoms with van der Waals surface area (Å²) in [6, 6.07) is 10.0. The van der Waals surface area contributed by atoms with Gasteiger partial charge in [-0.2, -0.15) is 0 Å². The van der Waals surface area contributed by atoms with E-state index in [1.54, 1.807) is 25.3 Å². The number of ether oxygens (including phenoxy) is 1. The lowest BCUT2D eigenvalue weighted by Crippen LogP contribution is -2.04. The van der Waals surface area contributed by atoms with Crippen LogP contribution in [0.2, 0.25) is 0 Å². The fourth-order valence-electron chi connectivity index (χ4n) is 2.03. The van der Waals surface area contributed by atoms with E-state index in [9.17, 15) is 9.50 Å². The summed E-state index contributed by atoms with van der Waals surface area (Å²) in [5, 5.41) is 10.4. The number of aliphatic hydroxyl groups is 1. The third kappa shape index (κ3) is 3.81. The highest BCUT2D eigenvalue weighted by Crippen LogP contribution is 2.31. The topological polar surface area (TPSA) is 29.5 Å². The van der Waals surface area contributed by atoms with Gasteiger partial charge in [0.05, 0.1) is 13.2 Å². The van der Waals surface area contributed by atoms with Crippen LogP contribution in [-0.4, -0.2) is 12.2 Å². The van der Waals surface area contributed by atoms with Gasteiger partial charge in [-0.1, -0.05) is 31.9 Å². The molecular weight excluding hydrogens is 391 g/mol. The van der Waals surface area contributed by atoms with Gasteiger partial charge >= 0.3 is 0 Å². The molecule has 0 saturated heterocycles. The highest BCUT2D eigenvalue weighted by atomic mass is 79.9. The Morgan fingerprint density at radius 3 is 2.55 bits per heavy atom. The van der Waals surface area contributed by atoms with Crippen LogP contribution in [0.4, 0.5) is 4.39 Å². The number of hydrogen-bond acceptors (Lipinski definition) is 2. The first kappa shape index (κ1) is 15.5. The Morgan fingerprint density at radius 1 is 1.15 bits per heavy atom. The smallest absolute Gasteiger partial charge is 0.124 e. The quantitative estimate of drug-likeness (QED) is 0.805. The van der Waals surface area contributed by atoms with Gasteiger partial charge in [0.2, 0.25) is 0 Å². The molecule has 0 aliphatic heterocycles. The standard InChI is InChI=1S/C15H13Br2FO2/c1-20-15-3-2-10(16)8-13(15)14(19)6-9-4-11(17)7-12(18)5-9/h2-5,7-8,14,19H,6H2,1H3. The van der Waals surface area contributed by atoms with Gasteiger partial charge < -0.3 is 9.84 Å². The summed E-state index contributed by atoms with van der Waals surface area (Å²) in [7, 11) is 1.55. The summed E-state index contributed by atoms with van der Waals surface area (Å²) in [5.41, 5.74) is 1.38. The molecule has 1 atom stereocenters. The van der Waals surface area contributed by atoms with Crippen molar-refractivity contribution in [1.29, 1.82) is 0 Å². The molecule has 5 heteroatoms. The molecule has 1 N–H and O–H groups in total. The molecule has 0 aliphatic carbocycles. The molecule has 0 bridgehead atoms. The maximum atomic E-state index is 13.3. The molecule has 0 fully saturated rings. The van der Waals surface area contributed by atoms with Crippen molar-refractivity contribution in [3.05, 3.63) is 62.3 Å². The zero-order valence-electron chi connectivity index (χ0n) is 10.7. The Kier molecular flexibility index (Phi) is 5.18. The summed E-state index contributed by atoms with van der Waals surface area (Å²) in [6.07, 6.45) is -0.459. The number of hydrogen-bond donors (Lipinski definition) is 1. The first-order chi connectivity index (χ1) is 9.49. The molecule has 2 rings (SSSR count). The lowest BCUT2D eigenvalue weighted by atomic mass is 10.0.